The van der Waals surface area contributed by atoms with E-state index in [9.17, 15) is 18.0 Å². The summed E-state index contributed by atoms with van der Waals surface area (Å²) >= 11 is 0.408. The predicted molar refractivity (Wildman–Crippen MR) is 76.2 cm³/mol. The standard InChI is InChI=1S/C14H15F3N2O3S/c1-7-9(19-12(23-7)14(15,16)17)10(20)21-5-8-6-22-11(18-8)13(2,3)4/h6H,5H2,1-4H3. The molecule has 0 amide bonds. The smallest absolute Gasteiger partial charge is 0.443 e. The van der Waals surface area contributed by atoms with Crippen LogP contribution in [0.5, 0.6) is 0 Å². The third kappa shape index (κ3) is 4.10. The maximum Gasteiger partial charge on any atom is 0.443 e. The molecule has 0 spiro atoms. The molecule has 0 aliphatic heterocycles. The first-order valence-corrected chi connectivity index (χ1v) is 7.47. The molecule has 0 unspecified atom stereocenters. The molecule has 0 saturated heterocycles. The zero-order chi connectivity index (χ0) is 17.4. The van der Waals surface area contributed by atoms with E-state index in [0.29, 0.717) is 22.9 Å². The lowest BCUT2D eigenvalue weighted by Crippen LogP contribution is -2.12. The molecule has 0 atom stereocenters. The Morgan fingerprint density at radius 2 is 1.96 bits per heavy atom. The van der Waals surface area contributed by atoms with Crippen molar-refractivity contribution >= 4 is 17.3 Å². The molecule has 2 aromatic heterocycles. The Labute approximate surface area is 134 Å². The van der Waals surface area contributed by atoms with Crippen LogP contribution in [0.3, 0.4) is 0 Å². The van der Waals surface area contributed by atoms with Gasteiger partial charge in [0.15, 0.2) is 16.6 Å². The molecule has 0 N–H and O–H groups in total. The highest BCUT2D eigenvalue weighted by atomic mass is 32.1. The Kier molecular flexibility index (Phi) is 4.52. The van der Waals surface area contributed by atoms with E-state index in [2.05, 4.69) is 9.97 Å². The van der Waals surface area contributed by atoms with Crippen molar-refractivity contribution in [2.24, 2.45) is 0 Å². The summed E-state index contributed by atoms with van der Waals surface area (Å²) in [4.78, 5) is 19.5. The van der Waals surface area contributed by atoms with Gasteiger partial charge >= 0.3 is 12.1 Å². The Balaban J connectivity index is 2.06. The van der Waals surface area contributed by atoms with E-state index >= 15 is 0 Å². The molecule has 5 nitrogen and oxygen atoms in total. The summed E-state index contributed by atoms with van der Waals surface area (Å²) in [5.41, 5.74) is -0.246. The van der Waals surface area contributed by atoms with Crippen molar-refractivity contribution in [1.82, 2.24) is 9.97 Å². The van der Waals surface area contributed by atoms with Gasteiger partial charge in [0.25, 0.3) is 0 Å². The van der Waals surface area contributed by atoms with E-state index in [0.717, 1.165) is 0 Å². The van der Waals surface area contributed by atoms with E-state index < -0.39 is 17.2 Å². The fourth-order valence-electron chi connectivity index (χ4n) is 1.63. The highest BCUT2D eigenvalue weighted by Crippen LogP contribution is 2.34. The van der Waals surface area contributed by atoms with E-state index in [1.165, 1.54) is 13.2 Å². The zero-order valence-electron chi connectivity index (χ0n) is 12.9. The number of oxazole rings is 1. The second-order valence-corrected chi connectivity index (χ2v) is 7.09. The summed E-state index contributed by atoms with van der Waals surface area (Å²) in [5, 5.41) is -1.07. The lowest BCUT2D eigenvalue weighted by molar-refractivity contribution is -0.137. The number of carbonyl (C=O) groups excluding carboxylic acids is 1. The van der Waals surface area contributed by atoms with Crippen LogP contribution in [0.2, 0.25) is 0 Å². The van der Waals surface area contributed by atoms with E-state index in [1.807, 2.05) is 20.8 Å². The molecule has 2 rings (SSSR count). The van der Waals surface area contributed by atoms with Crippen molar-refractivity contribution in [1.29, 1.82) is 0 Å². The maximum absolute atomic E-state index is 12.6. The van der Waals surface area contributed by atoms with E-state index in [1.54, 1.807) is 0 Å². The van der Waals surface area contributed by atoms with Gasteiger partial charge in [-0.2, -0.15) is 13.2 Å². The molecule has 0 aliphatic rings. The largest absolute Gasteiger partial charge is 0.454 e. The Morgan fingerprint density at radius 3 is 2.43 bits per heavy atom. The monoisotopic (exact) mass is 348 g/mol. The second kappa shape index (κ2) is 5.95. The van der Waals surface area contributed by atoms with Gasteiger partial charge in [-0.1, -0.05) is 20.8 Å². The van der Waals surface area contributed by atoms with Crippen molar-refractivity contribution in [2.45, 2.75) is 45.9 Å². The third-order valence-corrected chi connectivity index (χ3v) is 3.79. The molecule has 2 heterocycles. The number of ether oxygens (including phenoxy) is 1. The number of carbonyl (C=O) groups is 1. The van der Waals surface area contributed by atoms with E-state index in [-0.39, 0.29) is 22.6 Å². The molecular formula is C14H15F3N2O3S. The highest BCUT2D eigenvalue weighted by Gasteiger charge is 2.36. The van der Waals surface area contributed by atoms with Gasteiger partial charge in [-0.3, -0.25) is 0 Å². The minimum absolute atomic E-state index is 0.151. The van der Waals surface area contributed by atoms with E-state index in [4.69, 9.17) is 9.15 Å². The van der Waals surface area contributed by atoms with Crippen LogP contribution in [-0.2, 0) is 22.9 Å². The topological polar surface area (TPSA) is 65.2 Å². The Morgan fingerprint density at radius 1 is 1.30 bits per heavy atom. The first kappa shape index (κ1) is 17.5. The number of aromatic nitrogens is 2. The molecule has 0 bridgehead atoms. The summed E-state index contributed by atoms with van der Waals surface area (Å²) in [5.74, 6) is -0.442. The summed E-state index contributed by atoms with van der Waals surface area (Å²) in [7, 11) is 0. The van der Waals surface area contributed by atoms with Crippen molar-refractivity contribution in [3.05, 3.63) is 33.4 Å². The van der Waals surface area contributed by atoms with Gasteiger partial charge in [0, 0.05) is 10.3 Å². The summed E-state index contributed by atoms with van der Waals surface area (Å²) in [6.45, 7) is 6.91. The lowest BCUT2D eigenvalue weighted by atomic mass is 9.97. The first-order valence-electron chi connectivity index (χ1n) is 6.65. The molecular weight excluding hydrogens is 333 g/mol. The van der Waals surface area contributed by atoms with Crippen LogP contribution in [0.1, 0.15) is 52.7 Å². The molecule has 0 fully saturated rings. The quantitative estimate of drug-likeness (QED) is 0.781. The minimum atomic E-state index is -4.58. The highest BCUT2D eigenvalue weighted by molar-refractivity contribution is 7.12. The number of halogens is 3. The van der Waals surface area contributed by atoms with Gasteiger partial charge in [0.2, 0.25) is 0 Å². The normalized spacial score (nSPS) is 12.5. The molecule has 9 heteroatoms. The molecule has 0 aliphatic carbocycles. The molecule has 0 radical (unpaired) electrons. The number of nitrogens with zero attached hydrogens (tertiary/aromatic N) is 2. The van der Waals surface area contributed by atoms with Crippen molar-refractivity contribution < 1.29 is 27.1 Å². The van der Waals surface area contributed by atoms with Crippen LogP contribution in [-0.4, -0.2) is 15.9 Å². The van der Waals surface area contributed by atoms with Crippen LogP contribution in [0, 0.1) is 6.92 Å². The average Bonchev–Trinajstić information content (AvgIpc) is 3.01. The molecule has 23 heavy (non-hydrogen) atoms. The SMILES string of the molecule is Cc1sc(C(F)(F)F)nc1C(=O)OCc1coc(C(C)(C)C)n1. The van der Waals surface area contributed by atoms with Crippen LogP contribution >= 0.6 is 11.3 Å². The van der Waals surface area contributed by atoms with Crippen LogP contribution < -0.4 is 0 Å². The van der Waals surface area contributed by atoms with Gasteiger partial charge in [0.05, 0.1) is 0 Å². The third-order valence-electron chi connectivity index (χ3n) is 2.78. The number of esters is 1. The number of hydrogen-bond donors (Lipinski definition) is 0. The molecule has 126 valence electrons. The first-order chi connectivity index (χ1) is 10.5. The molecule has 0 aromatic carbocycles. The van der Waals surface area contributed by atoms with Gasteiger partial charge in [-0.05, 0) is 6.92 Å². The maximum atomic E-state index is 12.6. The number of hydrogen-bond acceptors (Lipinski definition) is 6. The summed E-state index contributed by atoms with van der Waals surface area (Å²) < 4.78 is 48.0. The number of thiazole rings is 1. The minimum Gasteiger partial charge on any atom is -0.454 e. The summed E-state index contributed by atoms with van der Waals surface area (Å²) in [6, 6.07) is 0. The zero-order valence-corrected chi connectivity index (χ0v) is 13.8. The van der Waals surface area contributed by atoms with Gasteiger partial charge in [-0.15, -0.1) is 11.3 Å². The van der Waals surface area contributed by atoms with Gasteiger partial charge in [0.1, 0.15) is 18.6 Å². The van der Waals surface area contributed by atoms with Crippen LogP contribution in [0.25, 0.3) is 0 Å². The van der Waals surface area contributed by atoms with Gasteiger partial charge < -0.3 is 9.15 Å². The number of rotatable bonds is 3. The number of alkyl halides is 3. The van der Waals surface area contributed by atoms with Crippen molar-refractivity contribution in [3.63, 3.8) is 0 Å². The predicted octanol–water partition coefficient (Wildman–Crippen LogP) is 4.11. The second-order valence-electron chi connectivity index (χ2n) is 5.89. The molecule has 0 saturated carbocycles. The van der Waals surface area contributed by atoms with Gasteiger partial charge in [-0.25, -0.2) is 14.8 Å². The molecule has 2 aromatic rings. The average molecular weight is 348 g/mol. The number of aryl methyl sites for hydroxylation is 1. The Bertz CT molecular complexity index is 714. The fourth-order valence-corrected chi connectivity index (χ4v) is 2.40. The van der Waals surface area contributed by atoms with Crippen LogP contribution in [0.4, 0.5) is 13.2 Å². The summed E-state index contributed by atoms with van der Waals surface area (Å²) in [6.07, 6.45) is -3.23. The fraction of sp³-hybridized carbons (Fsp3) is 0.500. The lowest BCUT2D eigenvalue weighted by Gasteiger charge is -2.11. The van der Waals surface area contributed by atoms with Crippen LogP contribution in [0.15, 0.2) is 10.7 Å². The van der Waals surface area contributed by atoms with Crippen molar-refractivity contribution in [2.75, 3.05) is 0 Å². The van der Waals surface area contributed by atoms with Crippen molar-refractivity contribution in [3.8, 4) is 0 Å². The Hall–Kier alpha value is -1.90.